The fourth-order valence-electron chi connectivity index (χ4n) is 2.58. The molecule has 0 aliphatic carbocycles. The van der Waals surface area contributed by atoms with E-state index >= 15 is 0 Å². The number of imidazole rings is 1. The van der Waals surface area contributed by atoms with Gasteiger partial charge in [0.2, 0.25) is 0 Å². The van der Waals surface area contributed by atoms with E-state index in [0.717, 1.165) is 30.9 Å². The molecule has 2 aromatic rings. The number of nitrogens with zero attached hydrogens (tertiary/aromatic N) is 4. The fraction of sp³-hybridized carbons (Fsp3) is 0.429. The van der Waals surface area contributed by atoms with Gasteiger partial charge in [-0.25, -0.2) is 15.0 Å². The van der Waals surface area contributed by atoms with E-state index in [4.69, 9.17) is 0 Å². The van der Waals surface area contributed by atoms with E-state index in [1.807, 2.05) is 20.0 Å². The zero-order valence-electron chi connectivity index (χ0n) is 11.6. The summed E-state index contributed by atoms with van der Waals surface area (Å²) in [7, 11) is 0. The summed E-state index contributed by atoms with van der Waals surface area (Å²) < 4.78 is 2.12. The van der Waals surface area contributed by atoms with Crippen LogP contribution in [0.1, 0.15) is 34.0 Å². The van der Waals surface area contributed by atoms with E-state index in [1.165, 1.54) is 6.33 Å². The molecule has 1 aliphatic heterocycles. The second-order valence-electron chi connectivity index (χ2n) is 5.18. The van der Waals surface area contributed by atoms with Gasteiger partial charge in [0.15, 0.2) is 0 Å². The third-order valence-electron chi connectivity index (χ3n) is 3.60. The Balaban J connectivity index is 1.71. The molecule has 0 radical (unpaired) electrons. The van der Waals surface area contributed by atoms with Crippen molar-refractivity contribution in [2.75, 3.05) is 0 Å². The molecule has 0 bridgehead atoms. The highest BCUT2D eigenvalue weighted by atomic mass is 16.1. The largest absolute Gasteiger partial charge is 0.347 e. The minimum atomic E-state index is -0.103. The number of rotatable bonds is 2. The Hall–Kier alpha value is -2.24. The van der Waals surface area contributed by atoms with Crippen LogP contribution in [-0.2, 0) is 13.0 Å². The third kappa shape index (κ3) is 2.41. The Labute approximate surface area is 117 Å². The summed E-state index contributed by atoms with van der Waals surface area (Å²) in [4.78, 5) is 24.7. The zero-order chi connectivity index (χ0) is 14.1. The van der Waals surface area contributed by atoms with E-state index in [9.17, 15) is 4.79 Å². The minimum absolute atomic E-state index is 0.103. The molecule has 1 atom stereocenters. The molecule has 0 spiro atoms. The smallest absolute Gasteiger partial charge is 0.254 e. The first-order valence-corrected chi connectivity index (χ1v) is 6.73. The molecule has 6 nitrogen and oxygen atoms in total. The lowest BCUT2D eigenvalue weighted by atomic mass is 10.1. The molecule has 0 unspecified atom stereocenters. The van der Waals surface area contributed by atoms with E-state index in [1.54, 1.807) is 6.20 Å². The average Bonchev–Trinajstić information content (AvgIpc) is 2.78. The Morgan fingerprint density at radius 3 is 3.10 bits per heavy atom. The number of nitrogens with one attached hydrogen (secondary N) is 1. The van der Waals surface area contributed by atoms with Crippen molar-refractivity contribution in [2.45, 2.75) is 39.3 Å². The number of carbonyl (C=O) groups is 1. The standard InChI is InChI=1S/C14H17N5O/c1-9-6-19-7-11(3-4-13(19)17-9)18-14(20)12-5-15-8-16-10(12)2/h5-6,8,11H,3-4,7H2,1-2H3,(H,18,20)/t11-/m0/s1. The molecule has 6 heteroatoms. The Morgan fingerprint density at radius 1 is 1.45 bits per heavy atom. The molecular formula is C14H17N5O. The molecule has 2 aromatic heterocycles. The molecule has 0 saturated carbocycles. The summed E-state index contributed by atoms with van der Waals surface area (Å²) in [6, 6.07) is 0.128. The van der Waals surface area contributed by atoms with Crippen LogP contribution in [0.5, 0.6) is 0 Å². The summed E-state index contributed by atoms with van der Waals surface area (Å²) in [5, 5.41) is 3.06. The predicted octanol–water partition coefficient (Wildman–Crippen LogP) is 1.03. The second kappa shape index (κ2) is 5.03. The van der Waals surface area contributed by atoms with Gasteiger partial charge in [0.25, 0.3) is 5.91 Å². The molecule has 1 aliphatic rings. The molecule has 0 saturated heterocycles. The number of carbonyl (C=O) groups excluding carboxylic acids is 1. The van der Waals surface area contributed by atoms with Crippen molar-refractivity contribution in [2.24, 2.45) is 0 Å². The van der Waals surface area contributed by atoms with Gasteiger partial charge >= 0.3 is 0 Å². The van der Waals surface area contributed by atoms with Gasteiger partial charge in [-0.3, -0.25) is 4.79 Å². The van der Waals surface area contributed by atoms with Crippen molar-refractivity contribution >= 4 is 5.91 Å². The van der Waals surface area contributed by atoms with E-state index in [-0.39, 0.29) is 11.9 Å². The lowest BCUT2D eigenvalue weighted by Gasteiger charge is -2.24. The van der Waals surface area contributed by atoms with Crippen LogP contribution < -0.4 is 5.32 Å². The summed E-state index contributed by atoms with van der Waals surface area (Å²) in [5.74, 6) is 1.00. The predicted molar refractivity (Wildman–Crippen MR) is 73.3 cm³/mol. The lowest BCUT2D eigenvalue weighted by Crippen LogP contribution is -2.41. The van der Waals surface area contributed by atoms with Crippen LogP contribution in [0.15, 0.2) is 18.7 Å². The Bertz CT molecular complexity index is 649. The monoisotopic (exact) mass is 271 g/mol. The minimum Gasteiger partial charge on any atom is -0.347 e. The third-order valence-corrected chi connectivity index (χ3v) is 3.60. The van der Waals surface area contributed by atoms with Crippen molar-refractivity contribution in [1.82, 2.24) is 24.8 Å². The molecular weight excluding hydrogens is 254 g/mol. The van der Waals surface area contributed by atoms with Crippen LogP contribution in [-0.4, -0.2) is 31.5 Å². The second-order valence-corrected chi connectivity index (χ2v) is 5.18. The van der Waals surface area contributed by atoms with Crippen LogP contribution in [0.4, 0.5) is 0 Å². The van der Waals surface area contributed by atoms with Crippen LogP contribution in [0, 0.1) is 13.8 Å². The first-order valence-electron chi connectivity index (χ1n) is 6.73. The van der Waals surface area contributed by atoms with E-state index < -0.39 is 0 Å². The molecule has 1 amide bonds. The number of hydrogen-bond donors (Lipinski definition) is 1. The SMILES string of the molecule is Cc1cn2c(n1)CC[C@H](NC(=O)c1cncnc1C)C2. The summed E-state index contributed by atoms with van der Waals surface area (Å²) in [6.45, 7) is 4.58. The van der Waals surface area contributed by atoms with Crippen LogP contribution >= 0.6 is 0 Å². The van der Waals surface area contributed by atoms with Gasteiger partial charge in [-0.05, 0) is 20.3 Å². The highest BCUT2D eigenvalue weighted by molar-refractivity contribution is 5.95. The Kier molecular flexibility index (Phi) is 3.22. The van der Waals surface area contributed by atoms with Crippen LogP contribution in [0.3, 0.4) is 0 Å². The van der Waals surface area contributed by atoms with Crippen molar-refractivity contribution in [1.29, 1.82) is 0 Å². The number of aryl methyl sites for hydroxylation is 3. The highest BCUT2D eigenvalue weighted by Gasteiger charge is 2.22. The van der Waals surface area contributed by atoms with Gasteiger partial charge in [-0.2, -0.15) is 0 Å². The zero-order valence-corrected chi connectivity index (χ0v) is 11.6. The van der Waals surface area contributed by atoms with Gasteiger partial charge in [-0.15, -0.1) is 0 Å². The normalized spacial score (nSPS) is 17.6. The van der Waals surface area contributed by atoms with Crippen molar-refractivity contribution < 1.29 is 4.79 Å². The summed E-state index contributed by atoms with van der Waals surface area (Å²) in [6.07, 6.45) is 6.85. The quantitative estimate of drug-likeness (QED) is 0.885. The van der Waals surface area contributed by atoms with Gasteiger partial charge in [0.05, 0.1) is 17.0 Å². The van der Waals surface area contributed by atoms with E-state index in [2.05, 4.69) is 24.8 Å². The van der Waals surface area contributed by atoms with Gasteiger partial charge < -0.3 is 9.88 Å². The summed E-state index contributed by atoms with van der Waals surface area (Å²) in [5.41, 5.74) is 2.27. The topological polar surface area (TPSA) is 72.7 Å². The van der Waals surface area contributed by atoms with Crippen LogP contribution in [0.2, 0.25) is 0 Å². The molecule has 0 aromatic carbocycles. The maximum absolute atomic E-state index is 12.2. The molecule has 20 heavy (non-hydrogen) atoms. The highest BCUT2D eigenvalue weighted by Crippen LogP contribution is 2.15. The fourth-order valence-corrected chi connectivity index (χ4v) is 2.58. The molecule has 1 N–H and O–H groups in total. The van der Waals surface area contributed by atoms with E-state index in [0.29, 0.717) is 11.3 Å². The maximum Gasteiger partial charge on any atom is 0.254 e. The number of amides is 1. The van der Waals surface area contributed by atoms with Crippen LogP contribution in [0.25, 0.3) is 0 Å². The van der Waals surface area contributed by atoms with Gasteiger partial charge in [0.1, 0.15) is 12.2 Å². The summed E-state index contributed by atoms with van der Waals surface area (Å²) >= 11 is 0. The van der Waals surface area contributed by atoms with Gasteiger partial charge in [0, 0.05) is 31.4 Å². The molecule has 104 valence electrons. The van der Waals surface area contributed by atoms with Crippen molar-refractivity contribution in [3.8, 4) is 0 Å². The average molecular weight is 271 g/mol. The lowest BCUT2D eigenvalue weighted by molar-refractivity contribution is 0.0926. The number of fused-ring (bicyclic) bond motifs is 1. The first kappa shape index (κ1) is 12.8. The molecule has 3 rings (SSSR count). The van der Waals surface area contributed by atoms with Crippen molar-refractivity contribution in [3.05, 3.63) is 41.5 Å². The molecule has 3 heterocycles. The maximum atomic E-state index is 12.2. The number of hydrogen-bond acceptors (Lipinski definition) is 4. The molecule has 0 fully saturated rings. The Morgan fingerprint density at radius 2 is 2.30 bits per heavy atom. The first-order chi connectivity index (χ1) is 9.63. The van der Waals surface area contributed by atoms with Crippen molar-refractivity contribution in [3.63, 3.8) is 0 Å². The number of aromatic nitrogens is 4. The van der Waals surface area contributed by atoms with Gasteiger partial charge in [-0.1, -0.05) is 0 Å².